The largest absolute Gasteiger partial charge is 0.334 e. The fourth-order valence-corrected chi connectivity index (χ4v) is 4.83. The van der Waals surface area contributed by atoms with E-state index in [-0.39, 0.29) is 30.9 Å². The first-order valence-corrected chi connectivity index (χ1v) is 11.1. The Bertz CT molecular complexity index is 779. The lowest BCUT2D eigenvalue weighted by Crippen LogP contribution is -2.41. The van der Waals surface area contributed by atoms with Gasteiger partial charge in [-0.15, -0.1) is 23.1 Å². The summed E-state index contributed by atoms with van der Waals surface area (Å²) in [6.45, 7) is 1.23. The van der Waals surface area contributed by atoms with Crippen LogP contribution in [-0.2, 0) is 9.59 Å². The van der Waals surface area contributed by atoms with Gasteiger partial charge in [-0.2, -0.15) is 0 Å². The van der Waals surface area contributed by atoms with E-state index in [2.05, 4.69) is 16.8 Å². The summed E-state index contributed by atoms with van der Waals surface area (Å²) in [5.74, 6) is -0.0197. The van der Waals surface area contributed by atoms with Crippen LogP contribution >= 0.6 is 23.1 Å². The second kappa shape index (κ2) is 9.39. The van der Waals surface area contributed by atoms with Crippen LogP contribution in [-0.4, -0.2) is 54.6 Å². The molecule has 0 bridgehead atoms. The Hall–Kier alpha value is -1.83. The van der Waals surface area contributed by atoms with E-state index in [0.717, 1.165) is 30.0 Å². The number of hydrogen-bond donors (Lipinski definition) is 1. The number of amides is 2. The SMILES string of the molecule is CSc1ccccc1NC(=O)CN(C)CC(=O)N1CCCC1c1cccs1. The zero-order chi connectivity index (χ0) is 19.2. The number of likely N-dealkylation sites (tertiary alicyclic amines) is 1. The number of nitrogens with zero attached hydrogens (tertiary/aromatic N) is 2. The predicted molar refractivity (Wildman–Crippen MR) is 112 cm³/mol. The molecule has 27 heavy (non-hydrogen) atoms. The second-order valence-corrected chi connectivity index (χ2v) is 8.51. The molecular weight excluding hydrogens is 378 g/mol. The van der Waals surface area contributed by atoms with Crippen LogP contribution in [0.4, 0.5) is 5.69 Å². The van der Waals surface area contributed by atoms with E-state index >= 15 is 0 Å². The zero-order valence-corrected chi connectivity index (χ0v) is 17.3. The van der Waals surface area contributed by atoms with Gasteiger partial charge in [-0.05, 0) is 49.7 Å². The first-order chi connectivity index (χ1) is 13.1. The summed E-state index contributed by atoms with van der Waals surface area (Å²) in [7, 11) is 1.81. The van der Waals surface area contributed by atoms with Crippen molar-refractivity contribution >= 4 is 40.6 Å². The highest BCUT2D eigenvalue weighted by molar-refractivity contribution is 7.98. The maximum absolute atomic E-state index is 12.8. The molecule has 0 aliphatic carbocycles. The van der Waals surface area contributed by atoms with E-state index < -0.39 is 0 Å². The third kappa shape index (κ3) is 5.12. The highest BCUT2D eigenvalue weighted by Gasteiger charge is 2.30. The molecule has 1 aliphatic heterocycles. The van der Waals surface area contributed by atoms with Crippen LogP contribution in [0.2, 0.25) is 0 Å². The third-order valence-electron chi connectivity index (χ3n) is 4.64. The topological polar surface area (TPSA) is 52.7 Å². The molecule has 1 saturated heterocycles. The van der Waals surface area contributed by atoms with E-state index in [9.17, 15) is 9.59 Å². The molecule has 1 aliphatic rings. The standard InChI is InChI=1S/C20H25N3O2S2/c1-22(13-19(24)21-15-7-3-4-9-17(15)26-2)14-20(25)23-11-5-8-16(23)18-10-6-12-27-18/h3-4,6-7,9-10,12,16H,5,8,11,13-14H2,1-2H3,(H,21,24). The number of para-hydroxylation sites is 1. The van der Waals surface area contributed by atoms with Gasteiger partial charge in [-0.1, -0.05) is 18.2 Å². The number of hydrogen-bond acceptors (Lipinski definition) is 5. The van der Waals surface area contributed by atoms with Gasteiger partial charge in [-0.3, -0.25) is 14.5 Å². The quantitative estimate of drug-likeness (QED) is 0.716. The van der Waals surface area contributed by atoms with Gasteiger partial charge in [-0.25, -0.2) is 0 Å². The lowest BCUT2D eigenvalue weighted by atomic mass is 10.2. The molecule has 2 heterocycles. The van der Waals surface area contributed by atoms with Gasteiger partial charge in [0, 0.05) is 16.3 Å². The number of nitrogens with one attached hydrogen (secondary N) is 1. The first-order valence-electron chi connectivity index (χ1n) is 9.02. The molecule has 1 aromatic heterocycles. The second-order valence-electron chi connectivity index (χ2n) is 6.68. The van der Waals surface area contributed by atoms with Crippen molar-refractivity contribution in [3.05, 3.63) is 46.7 Å². The molecule has 3 rings (SSSR count). The zero-order valence-electron chi connectivity index (χ0n) is 15.7. The molecule has 144 valence electrons. The van der Waals surface area contributed by atoms with Crippen LogP contribution < -0.4 is 5.32 Å². The summed E-state index contributed by atoms with van der Waals surface area (Å²) < 4.78 is 0. The van der Waals surface area contributed by atoms with E-state index in [4.69, 9.17) is 0 Å². The first kappa shape index (κ1) is 19.9. The summed E-state index contributed by atoms with van der Waals surface area (Å²) in [4.78, 5) is 31.1. The van der Waals surface area contributed by atoms with Crippen molar-refractivity contribution in [2.45, 2.75) is 23.8 Å². The smallest absolute Gasteiger partial charge is 0.238 e. The van der Waals surface area contributed by atoms with Gasteiger partial charge in [0.2, 0.25) is 11.8 Å². The lowest BCUT2D eigenvalue weighted by Gasteiger charge is -2.26. The molecular formula is C20H25N3O2S2. The summed E-state index contributed by atoms with van der Waals surface area (Å²) in [6, 6.07) is 12.0. The fourth-order valence-electron chi connectivity index (χ4n) is 3.40. The van der Waals surface area contributed by atoms with Crippen LogP contribution in [0.15, 0.2) is 46.7 Å². The third-order valence-corrected chi connectivity index (χ3v) is 6.41. The molecule has 2 aromatic rings. The van der Waals surface area contributed by atoms with Gasteiger partial charge in [0.15, 0.2) is 0 Å². The number of carbonyl (C=O) groups is 2. The number of thiophene rings is 1. The Balaban J connectivity index is 1.53. The monoisotopic (exact) mass is 403 g/mol. The molecule has 0 radical (unpaired) electrons. The van der Waals surface area contributed by atoms with Crippen LogP contribution in [0.3, 0.4) is 0 Å². The van der Waals surface area contributed by atoms with Crippen molar-refractivity contribution in [3.8, 4) is 0 Å². The molecule has 7 heteroatoms. The van der Waals surface area contributed by atoms with Gasteiger partial charge < -0.3 is 10.2 Å². The molecule has 1 N–H and O–H groups in total. The van der Waals surface area contributed by atoms with Crippen molar-refractivity contribution in [1.82, 2.24) is 9.80 Å². The van der Waals surface area contributed by atoms with Crippen LogP contribution in [0.5, 0.6) is 0 Å². The molecule has 0 spiro atoms. The van der Waals surface area contributed by atoms with Crippen molar-refractivity contribution in [3.63, 3.8) is 0 Å². The van der Waals surface area contributed by atoms with Gasteiger partial charge in [0.25, 0.3) is 0 Å². The van der Waals surface area contributed by atoms with Gasteiger partial charge in [0.1, 0.15) is 0 Å². The molecule has 1 fully saturated rings. The van der Waals surface area contributed by atoms with Crippen LogP contribution in [0.1, 0.15) is 23.8 Å². The van der Waals surface area contributed by atoms with E-state index in [0.29, 0.717) is 0 Å². The summed E-state index contributed by atoms with van der Waals surface area (Å²) in [5.41, 5.74) is 0.812. The normalized spacial score (nSPS) is 16.7. The Labute approximate surface area is 168 Å². The predicted octanol–water partition coefficient (Wildman–Crippen LogP) is 3.70. The highest BCUT2D eigenvalue weighted by atomic mass is 32.2. The molecule has 1 atom stereocenters. The number of benzene rings is 1. The molecule has 0 saturated carbocycles. The minimum atomic E-state index is -0.108. The van der Waals surface area contributed by atoms with Crippen LogP contribution in [0, 0.1) is 0 Å². The maximum atomic E-state index is 12.8. The molecule has 1 aromatic carbocycles. The number of thioether (sulfide) groups is 1. The van der Waals surface area contributed by atoms with E-state index in [1.54, 1.807) is 28.0 Å². The summed E-state index contributed by atoms with van der Waals surface area (Å²) >= 11 is 3.30. The molecule has 2 amide bonds. The highest BCUT2D eigenvalue weighted by Crippen LogP contribution is 2.34. The van der Waals surface area contributed by atoms with Crippen molar-refractivity contribution < 1.29 is 9.59 Å². The van der Waals surface area contributed by atoms with Crippen molar-refractivity contribution in [2.75, 3.05) is 38.3 Å². The van der Waals surface area contributed by atoms with Gasteiger partial charge in [0.05, 0.1) is 24.8 Å². The Morgan fingerprint density at radius 2 is 2.07 bits per heavy atom. The Morgan fingerprint density at radius 1 is 1.26 bits per heavy atom. The fraction of sp³-hybridized carbons (Fsp3) is 0.400. The van der Waals surface area contributed by atoms with E-state index in [1.807, 2.05) is 48.5 Å². The number of carbonyl (C=O) groups excluding carboxylic acids is 2. The summed E-state index contributed by atoms with van der Waals surface area (Å²) in [6.07, 6.45) is 4.03. The minimum Gasteiger partial charge on any atom is -0.334 e. The number of rotatable bonds is 7. The van der Waals surface area contributed by atoms with Crippen LogP contribution in [0.25, 0.3) is 0 Å². The molecule has 1 unspecified atom stereocenters. The Kier molecular flexibility index (Phi) is 6.93. The summed E-state index contributed by atoms with van der Waals surface area (Å²) in [5, 5.41) is 5.00. The average Bonchev–Trinajstić information content (AvgIpc) is 3.33. The lowest BCUT2D eigenvalue weighted by molar-refractivity contribution is -0.133. The molecule has 5 nitrogen and oxygen atoms in total. The minimum absolute atomic E-state index is 0.0886. The number of anilines is 1. The van der Waals surface area contributed by atoms with E-state index in [1.165, 1.54) is 4.88 Å². The Morgan fingerprint density at radius 3 is 2.81 bits per heavy atom. The maximum Gasteiger partial charge on any atom is 0.238 e. The van der Waals surface area contributed by atoms with Crippen molar-refractivity contribution in [1.29, 1.82) is 0 Å². The number of likely N-dealkylation sites (N-methyl/N-ethyl adjacent to an activating group) is 1. The van der Waals surface area contributed by atoms with Gasteiger partial charge >= 0.3 is 0 Å². The average molecular weight is 404 g/mol. The van der Waals surface area contributed by atoms with Crippen molar-refractivity contribution in [2.24, 2.45) is 0 Å².